The van der Waals surface area contributed by atoms with E-state index in [1.165, 1.54) is 18.5 Å². The molecule has 3 fully saturated rings. The summed E-state index contributed by atoms with van der Waals surface area (Å²) in [5.41, 5.74) is 3.07. The van der Waals surface area contributed by atoms with E-state index >= 15 is 0 Å². The van der Waals surface area contributed by atoms with Gasteiger partial charge in [-0.1, -0.05) is 0 Å². The van der Waals surface area contributed by atoms with Crippen LogP contribution in [0.1, 0.15) is 73.1 Å². The number of aromatic amines is 1. The molecule has 1 N–H and O–H groups in total. The second kappa shape index (κ2) is 5.10. The van der Waals surface area contributed by atoms with Crippen molar-refractivity contribution in [1.82, 2.24) is 9.88 Å². The largest absolute Gasteiger partial charge is 0.361 e. The Hall–Kier alpha value is -1.30. The summed E-state index contributed by atoms with van der Waals surface area (Å²) in [6.45, 7) is 4.03. The van der Waals surface area contributed by atoms with Crippen LogP contribution < -0.4 is 0 Å². The number of hydrogen-bond acceptors (Lipinski definition) is 3. The number of sulfone groups is 1. The van der Waals surface area contributed by atoms with Gasteiger partial charge in [-0.05, 0) is 57.4 Å². The van der Waals surface area contributed by atoms with Crippen molar-refractivity contribution in [3.05, 3.63) is 23.0 Å². The van der Waals surface area contributed by atoms with Crippen LogP contribution in [0.3, 0.4) is 0 Å². The Balaban J connectivity index is 1.62. The van der Waals surface area contributed by atoms with Crippen LogP contribution in [0.2, 0.25) is 0 Å². The van der Waals surface area contributed by atoms with Crippen molar-refractivity contribution in [2.45, 2.75) is 61.9 Å². The molecule has 2 unspecified atom stereocenters. The summed E-state index contributed by atoms with van der Waals surface area (Å²) in [5, 5.41) is -0.970. The van der Waals surface area contributed by atoms with Gasteiger partial charge in [0.05, 0.1) is 16.1 Å². The van der Waals surface area contributed by atoms with Crippen molar-refractivity contribution >= 4 is 15.7 Å². The van der Waals surface area contributed by atoms with Crippen LogP contribution >= 0.6 is 0 Å². The quantitative estimate of drug-likeness (QED) is 0.921. The fraction of sp³-hybridized carbons (Fsp3) is 0.706. The van der Waals surface area contributed by atoms with Gasteiger partial charge in [-0.2, -0.15) is 0 Å². The zero-order chi connectivity index (χ0) is 16.4. The Morgan fingerprint density at radius 2 is 1.65 bits per heavy atom. The van der Waals surface area contributed by atoms with Gasteiger partial charge in [-0.25, -0.2) is 8.42 Å². The van der Waals surface area contributed by atoms with Gasteiger partial charge in [-0.15, -0.1) is 0 Å². The smallest absolute Gasteiger partial charge is 0.255 e. The van der Waals surface area contributed by atoms with Crippen LogP contribution in [0, 0.1) is 0 Å². The third kappa shape index (κ3) is 2.61. The predicted molar refractivity (Wildman–Crippen MR) is 88.5 cm³/mol. The topological polar surface area (TPSA) is 70.2 Å². The molecule has 126 valence electrons. The van der Waals surface area contributed by atoms with E-state index in [0.717, 1.165) is 24.1 Å². The van der Waals surface area contributed by atoms with Crippen molar-refractivity contribution in [2.24, 2.45) is 0 Å². The van der Waals surface area contributed by atoms with E-state index in [4.69, 9.17) is 0 Å². The fourth-order valence-corrected chi connectivity index (χ4v) is 5.18. The van der Waals surface area contributed by atoms with Gasteiger partial charge in [-0.3, -0.25) is 4.79 Å². The Kier molecular flexibility index (Phi) is 3.38. The van der Waals surface area contributed by atoms with Crippen LogP contribution in [-0.4, -0.2) is 47.8 Å². The Morgan fingerprint density at radius 3 is 2.17 bits per heavy atom. The molecule has 1 saturated heterocycles. The van der Waals surface area contributed by atoms with E-state index in [1.54, 1.807) is 18.7 Å². The minimum Gasteiger partial charge on any atom is -0.361 e. The van der Waals surface area contributed by atoms with E-state index in [0.29, 0.717) is 24.9 Å². The van der Waals surface area contributed by atoms with Crippen LogP contribution in [-0.2, 0) is 9.84 Å². The third-order valence-corrected chi connectivity index (χ3v) is 8.01. The number of rotatable bonds is 3. The first-order chi connectivity index (χ1) is 10.9. The fourth-order valence-electron chi connectivity index (χ4n) is 3.61. The number of H-pyrrole nitrogens is 1. The van der Waals surface area contributed by atoms with Crippen molar-refractivity contribution in [1.29, 1.82) is 0 Å². The lowest BCUT2D eigenvalue weighted by Gasteiger charge is -2.34. The second-order valence-corrected chi connectivity index (χ2v) is 10.3. The van der Waals surface area contributed by atoms with E-state index in [9.17, 15) is 13.2 Å². The van der Waals surface area contributed by atoms with Gasteiger partial charge in [0.25, 0.3) is 5.91 Å². The first-order valence-electron chi connectivity index (χ1n) is 8.62. The molecule has 1 aromatic heterocycles. The number of carbonyl (C=O) groups is 1. The molecular formula is C17H24N2O3S. The number of amides is 1. The number of hydrogen-bond donors (Lipinski definition) is 1. The lowest BCUT2D eigenvalue weighted by Crippen LogP contribution is -2.52. The first-order valence-corrected chi connectivity index (χ1v) is 10.2. The van der Waals surface area contributed by atoms with Crippen LogP contribution in [0.25, 0.3) is 0 Å². The molecular weight excluding hydrogens is 312 g/mol. The molecule has 2 heterocycles. The summed E-state index contributed by atoms with van der Waals surface area (Å²) in [6.07, 6.45) is 4.70. The highest BCUT2D eigenvalue weighted by molar-refractivity contribution is 7.92. The Bertz CT molecular complexity index is 726. The maximum atomic E-state index is 13.0. The highest BCUT2D eigenvalue weighted by Crippen LogP contribution is 2.46. The maximum absolute atomic E-state index is 13.0. The number of carbonyl (C=O) groups excluding carboxylic acids is 1. The van der Waals surface area contributed by atoms with E-state index < -0.39 is 20.3 Å². The molecule has 1 aromatic rings. The van der Waals surface area contributed by atoms with Crippen LogP contribution in [0.5, 0.6) is 0 Å². The average Bonchev–Trinajstić information content (AvgIpc) is 3.42. The van der Waals surface area contributed by atoms with Crippen molar-refractivity contribution in [2.75, 3.05) is 13.1 Å². The monoisotopic (exact) mass is 336 g/mol. The van der Waals surface area contributed by atoms with Crippen molar-refractivity contribution < 1.29 is 13.2 Å². The summed E-state index contributed by atoms with van der Waals surface area (Å²) in [5.74, 6) is 1.09. The van der Waals surface area contributed by atoms with Gasteiger partial charge in [0.1, 0.15) is 0 Å². The zero-order valence-corrected chi connectivity index (χ0v) is 14.5. The van der Waals surface area contributed by atoms with Crippen LogP contribution in [0.15, 0.2) is 6.07 Å². The maximum Gasteiger partial charge on any atom is 0.255 e. The van der Waals surface area contributed by atoms with Gasteiger partial charge in [0, 0.05) is 24.5 Å². The molecule has 3 aliphatic rings. The summed E-state index contributed by atoms with van der Waals surface area (Å²) in [6, 6.07) is 2.03. The van der Waals surface area contributed by atoms with E-state index in [-0.39, 0.29) is 5.91 Å². The SMILES string of the molecule is CC1CN(C(=O)c2cc(C3CC3)[nH]c2C2CC2)CC(C)S1(=O)=O. The molecule has 2 atom stereocenters. The van der Waals surface area contributed by atoms with Gasteiger partial charge < -0.3 is 9.88 Å². The third-order valence-electron chi connectivity index (χ3n) is 5.47. The second-order valence-electron chi connectivity index (χ2n) is 7.52. The van der Waals surface area contributed by atoms with Gasteiger partial charge >= 0.3 is 0 Å². The minimum absolute atomic E-state index is 0.00338. The number of aromatic nitrogens is 1. The number of nitrogens with one attached hydrogen (secondary N) is 1. The molecule has 2 aliphatic carbocycles. The summed E-state index contributed by atoms with van der Waals surface area (Å²) in [4.78, 5) is 18.3. The van der Waals surface area contributed by atoms with Gasteiger partial charge in [0.2, 0.25) is 0 Å². The molecule has 0 radical (unpaired) electrons. The molecule has 2 saturated carbocycles. The molecule has 23 heavy (non-hydrogen) atoms. The lowest BCUT2D eigenvalue weighted by molar-refractivity contribution is 0.0748. The van der Waals surface area contributed by atoms with Crippen molar-refractivity contribution in [3.8, 4) is 0 Å². The summed E-state index contributed by atoms with van der Waals surface area (Å²) in [7, 11) is -3.10. The molecule has 0 bridgehead atoms. The highest BCUT2D eigenvalue weighted by Gasteiger charge is 2.40. The molecule has 0 aromatic carbocycles. The van der Waals surface area contributed by atoms with Crippen LogP contribution in [0.4, 0.5) is 0 Å². The normalized spacial score (nSPS) is 30.4. The van der Waals surface area contributed by atoms with Crippen molar-refractivity contribution in [3.63, 3.8) is 0 Å². The Labute approximate surface area is 137 Å². The molecule has 4 rings (SSSR count). The standard InChI is InChI=1S/C17H24N2O3S/c1-10-8-19(9-11(2)23(10,21)22)17(20)14-7-15(12-3-4-12)18-16(14)13-5-6-13/h7,10-13,18H,3-6,8-9H2,1-2H3. The average molecular weight is 336 g/mol. The first kappa shape index (κ1) is 15.2. The summed E-state index contributed by atoms with van der Waals surface area (Å²) < 4.78 is 24.3. The minimum atomic E-state index is -3.10. The highest BCUT2D eigenvalue weighted by atomic mass is 32.2. The van der Waals surface area contributed by atoms with Gasteiger partial charge in [0.15, 0.2) is 9.84 Å². The van der Waals surface area contributed by atoms with E-state index in [1.807, 2.05) is 6.07 Å². The predicted octanol–water partition coefficient (Wildman–Crippen LogP) is 2.42. The molecule has 6 heteroatoms. The molecule has 1 aliphatic heterocycles. The molecule has 0 spiro atoms. The Morgan fingerprint density at radius 1 is 1.09 bits per heavy atom. The number of nitrogens with zero attached hydrogens (tertiary/aromatic N) is 1. The molecule has 5 nitrogen and oxygen atoms in total. The lowest BCUT2D eigenvalue weighted by atomic mass is 10.1. The summed E-state index contributed by atoms with van der Waals surface area (Å²) >= 11 is 0. The van der Waals surface area contributed by atoms with E-state index in [2.05, 4.69) is 4.98 Å². The molecule has 1 amide bonds. The zero-order valence-electron chi connectivity index (χ0n) is 13.7.